The van der Waals surface area contributed by atoms with Gasteiger partial charge in [-0.3, -0.25) is 0 Å². The highest BCUT2D eigenvalue weighted by molar-refractivity contribution is 6.11. The van der Waals surface area contributed by atoms with Crippen LogP contribution >= 0.6 is 0 Å². The molecule has 2 aromatic heterocycles. The summed E-state index contributed by atoms with van der Waals surface area (Å²) in [6.07, 6.45) is 0. The van der Waals surface area contributed by atoms with Crippen LogP contribution in [0, 0.1) is 0 Å². The van der Waals surface area contributed by atoms with Crippen LogP contribution in [0.3, 0.4) is 0 Å². The van der Waals surface area contributed by atoms with Crippen LogP contribution in [0.4, 0.5) is 0 Å². The lowest BCUT2D eigenvalue weighted by atomic mass is 9.98. The van der Waals surface area contributed by atoms with Crippen LogP contribution < -0.4 is 0 Å². The molecule has 0 spiro atoms. The Labute approximate surface area is 266 Å². The monoisotopic (exact) mass is 588 g/mol. The van der Waals surface area contributed by atoms with E-state index in [1.165, 1.54) is 49.6 Å². The van der Waals surface area contributed by atoms with E-state index in [4.69, 9.17) is 4.42 Å². The van der Waals surface area contributed by atoms with Gasteiger partial charge in [0, 0.05) is 22.0 Å². The maximum absolute atomic E-state index is 6.01. The zero-order valence-corrected chi connectivity index (χ0v) is 25.0. The molecule has 0 fully saturated rings. The Kier molecular flexibility index (Phi) is 6.14. The van der Waals surface area contributed by atoms with E-state index in [0.29, 0.717) is 5.89 Å². The summed E-state index contributed by atoms with van der Waals surface area (Å²) >= 11 is 0. The number of benzene rings is 7. The average molecular weight is 589 g/mol. The summed E-state index contributed by atoms with van der Waals surface area (Å²) in [6, 6.07) is 60.0. The molecule has 0 saturated heterocycles. The maximum Gasteiger partial charge on any atom is 0.227 e. The van der Waals surface area contributed by atoms with E-state index >= 15 is 0 Å². The molecule has 216 valence electrons. The lowest BCUT2D eigenvalue weighted by Gasteiger charge is -2.09. The van der Waals surface area contributed by atoms with Gasteiger partial charge in [-0.25, -0.2) is 4.98 Å². The summed E-state index contributed by atoms with van der Waals surface area (Å²) in [4.78, 5) is 4.68. The topological polar surface area (TPSA) is 31.0 Å². The van der Waals surface area contributed by atoms with E-state index in [1.807, 2.05) is 24.3 Å². The normalized spacial score (nSPS) is 11.5. The van der Waals surface area contributed by atoms with E-state index in [2.05, 4.69) is 155 Å². The molecule has 0 aliphatic rings. The molecule has 0 unspecified atom stereocenters. The fraction of sp³-hybridized carbons (Fsp3) is 0. The van der Waals surface area contributed by atoms with Crippen molar-refractivity contribution in [3.8, 4) is 50.5 Å². The highest BCUT2D eigenvalue weighted by Crippen LogP contribution is 2.38. The van der Waals surface area contributed by atoms with Crippen molar-refractivity contribution >= 4 is 32.9 Å². The summed E-state index contributed by atoms with van der Waals surface area (Å²) in [5, 5.41) is 2.45. The first-order valence-electron chi connectivity index (χ1n) is 15.5. The second-order valence-electron chi connectivity index (χ2n) is 11.6. The van der Waals surface area contributed by atoms with Gasteiger partial charge in [0.15, 0.2) is 5.58 Å². The third-order valence-electron chi connectivity index (χ3n) is 8.86. The first kappa shape index (κ1) is 26.2. The lowest BCUT2D eigenvalue weighted by Crippen LogP contribution is -1.93. The van der Waals surface area contributed by atoms with Crippen LogP contribution in [-0.4, -0.2) is 9.55 Å². The van der Waals surface area contributed by atoms with Crippen molar-refractivity contribution in [2.45, 2.75) is 0 Å². The van der Waals surface area contributed by atoms with E-state index in [1.54, 1.807) is 0 Å². The Bertz CT molecular complexity index is 2460. The van der Waals surface area contributed by atoms with Gasteiger partial charge in [0.05, 0.1) is 11.0 Å². The van der Waals surface area contributed by atoms with Gasteiger partial charge in [-0.2, -0.15) is 0 Å². The largest absolute Gasteiger partial charge is 0.436 e. The molecule has 3 heteroatoms. The predicted octanol–water partition coefficient (Wildman–Crippen LogP) is 11.6. The molecular weight excluding hydrogens is 560 g/mol. The summed E-state index contributed by atoms with van der Waals surface area (Å²) in [5.74, 6) is 0.637. The highest BCUT2D eigenvalue weighted by atomic mass is 16.3. The number of hydrogen-bond acceptors (Lipinski definition) is 2. The van der Waals surface area contributed by atoms with Crippen molar-refractivity contribution in [1.82, 2.24) is 9.55 Å². The first-order valence-corrected chi connectivity index (χ1v) is 15.5. The van der Waals surface area contributed by atoms with Crippen LogP contribution in [0.1, 0.15) is 0 Å². The number of fused-ring (bicyclic) bond motifs is 4. The van der Waals surface area contributed by atoms with Crippen LogP contribution in [0.2, 0.25) is 0 Å². The van der Waals surface area contributed by atoms with Gasteiger partial charge in [-0.1, -0.05) is 109 Å². The molecule has 0 bridgehead atoms. The number of rotatable bonds is 5. The SMILES string of the molecule is c1ccc(-c2ccc(-c3ccc4c(c3)c3cc(-c5ccc(-c6nc7ccccc7o6)cc5)ccc3n4-c3ccccc3)cc2)cc1. The Morgan fingerprint density at radius 1 is 0.391 bits per heavy atom. The van der Waals surface area contributed by atoms with E-state index in [9.17, 15) is 0 Å². The number of hydrogen-bond donors (Lipinski definition) is 0. The van der Waals surface area contributed by atoms with E-state index in [0.717, 1.165) is 27.9 Å². The zero-order valence-electron chi connectivity index (χ0n) is 25.0. The molecule has 0 radical (unpaired) electrons. The summed E-state index contributed by atoms with van der Waals surface area (Å²) < 4.78 is 8.38. The van der Waals surface area contributed by atoms with Crippen molar-refractivity contribution in [3.05, 3.63) is 170 Å². The van der Waals surface area contributed by atoms with Crippen LogP contribution in [-0.2, 0) is 0 Å². The Balaban J connectivity index is 1.15. The molecule has 7 aromatic carbocycles. The predicted molar refractivity (Wildman–Crippen MR) is 190 cm³/mol. The molecule has 0 saturated carbocycles. The van der Waals surface area contributed by atoms with Crippen molar-refractivity contribution < 1.29 is 4.42 Å². The molecule has 0 atom stereocenters. The maximum atomic E-state index is 6.01. The van der Waals surface area contributed by atoms with Crippen LogP contribution in [0.5, 0.6) is 0 Å². The zero-order chi connectivity index (χ0) is 30.5. The van der Waals surface area contributed by atoms with Gasteiger partial charge >= 0.3 is 0 Å². The highest BCUT2D eigenvalue weighted by Gasteiger charge is 2.15. The fourth-order valence-electron chi connectivity index (χ4n) is 6.52. The van der Waals surface area contributed by atoms with Crippen LogP contribution in [0.25, 0.3) is 83.4 Å². The number of aromatic nitrogens is 2. The minimum atomic E-state index is 0.637. The van der Waals surface area contributed by atoms with Crippen molar-refractivity contribution in [1.29, 1.82) is 0 Å². The van der Waals surface area contributed by atoms with Crippen molar-refractivity contribution in [2.24, 2.45) is 0 Å². The smallest absolute Gasteiger partial charge is 0.227 e. The first-order chi connectivity index (χ1) is 22.8. The van der Waals surface area contributed by atoms with Crippen molar-refractivity contribution in [2.75, 3.05) is 0 Å². The standard InChI is InChI=1S/C43H28N2O/c1-3-9-29(10-4-1)30-15-17-31(18-16-30)34-23-25-40-37(27-34)38-28-35(24-26-41(38)45(40)36-11-5-2-6-12-36)32-19-21-33(22-20-32)43-44-39-13-7-8-14-42(39)46-43/h1-28H. The molecule has 0 amide bonds. The Hall–Kier alpha value is -6.19. The average Bonchev–Trinajstić information content (AvgIpc) is 3.71. The minimum Gasteiger partial charge on any atom is -0.436 e. The van der Waals surface area contributed by atoms with E-state index in [-0.39, 0.29) is 0 Å². The van der Waals surface area contributed by atoms with Crippen LogP contribution in [0.15, 0.2) is 174 Å². The van der Waals surface area contributed by atoms with Gasteiger partial charge in [0.2, 0.25) is 5.89 Å². The van der Waals surface area contributed by atoms with Gasteiger partial charge < -0.3 is 8.98 Å². The molecule has 0 aliphatic heterocycles. The molecule has 3 nitrogen and oxygen atoms in total. The van der Waals surface area contributed by atoms with Gasteiger partial charge in [-0.15, -0.1) is 0 Å². The lowest BCUT2D eigenvalue weighted by molar-refractivity contribution is 0.620. The van der Waals surface area contributed by atoms with Gasteiger partial charge in [-0.05, 0) is 94.0 Å². The Morgan fingerprint density at radius 3 is 1.43 bits per heavy atom. The molecule has 9 rings (SSSR count). The molecule has 9 aromatic rings. The summed E-state index contributed by atoms with van der Waals surface area (Å²) in [7, 11) is 0. The molecule has 0 N–H and O–H groups in total. The summed E-state index contributed by atoms with van der Waals surface area (Å²) in [6.45, 7) is 0. The van der Waals surface area contributed by atoms with Gasteiger partial charge in [0.25, 0.3) is 0 Å². The fourth-order valence-corrected chi connectivity index (χ4v) is 6.52. The molecule has 0 aliphatic carbocycles. The quantitative estimate of drug-likeness (QED) is 0.200. The van der Waals surface area contributed by atoms with E-state index < -0.39 is 0 Å². The number of nitrogens with zero attached hydrogens (tertiary/aromatic N) is 2. The Morgan fingerprint density at radius 2 is 0.848 bits per heavy atom. The second kappa shape index (κ2) is 10.8. The third kappa shape index (κ3) is 4.49. The van der Waals surface area contributed by atoms with Gasteiger partial charge in [0.1, 0.15) is 5.52 Å². The molecule has 2 heterocycles. The molecular formula is C43H28N2O. The molecule has 46 heavy (non-hydrogen) atoms. The van der Waals surface area contributed by atoms with Crippen molar-refractivity contribution in [3.63, 3.8) is 0 Å². The number of para-hydroxylation sites is 3. The second-order valence-corrected chi connectivity index (χ2v) is 11.6. The summed E-state index contributed by atoms with van der Waals surface area (Å²) in [5.41, 5.74) is 13.3. The number of oxazole rings is 1. The third-order valence-corrected chi connectivity index (χ3v) is 8.86. The minimum absolute atomic E-state index is 0.637.